The van der Waals surface area contributed by atoms with Crippen LogP contribution in [-0.4, -0.2) is 28.3 Å². The molecule has 0 spiro atoms. The summed E-state index contributed by atoms with van der Waals surface area (Å²) in [7, 11) is 0. The summed E-state index contributed by atoms with van der Waals surface area (Å²) < 4.78 is 7.16. The summed E-state index contributed by atoms with van der Waals surface area (Å²) in [5.74, 6) is 0.632. The van der Waals surface area contributed by atoms with Crippen molar-refractivity contribution in [3.05, 3.63) is 70.1 Å². The number of aromatic nitrogens is 2. The number of benzene rings is 2. The molecule has 1 aliphatic rings. The summed E-state index contributed by atoms with van der Waals surface area (Å²) >= 11 is 0. The molecule has 0 radical (unpaired) electrons. The van der Waals surface area contributed by atoms with E-state index in [4.69, 9.17) is 4.74 Å². The molecule has 0 saturated heterocycles. The zero-order valence-corrected chi connectivity index (χ0v) is 15.1. The minimum absolute atomic E-state index is 0.0631. The predicted molar refractivity (Wildman–Crippen MR) is 103 cm³/mol. The van der Waals surface area contributed by atoms with Gasteiger partial charge in [0.05, 0.1) is 17.6 Å². The quantitative estimate of drug-likeness (QED) is 0.771. The van der Waals surface area contributed by atoms with Crippen molar-refractivity contribution in [2.45, 2.75) is 32.4 Å². The van der Waals surface area contributed by atoms with Crippen molar-refractivity contribution >= 4 is 16.7 Å². The molecule has 0 aliphatic carbocycles. The van der Waals surface area contributed by atoms with Gasteiger partial charge in [0.15, 0.2) is 0 Å². The Morgan fingerprint density at radius 3 is 2.78 bits per heavy atom. The molecule has 3 aromatic rings. The Hall–Kier alpha value is -3.15. The van der Waals surface area contributed by atoms with Crippen molar-refractivity contribution in [1.82, 2.24) is 15.1 Å². The fourth-order valence-corrected chi connectivity index (χ4v) is 3.46. The smallest absolute Gasteiger partial charge is 0.275 e. The molecule has 2 heterocycles. The number of hydrogen-bond donors (Lipinski definition) is 1. The van der Waals surface area contributed by atoms with Crippen molar-refractivity contribution in [2.75, 3.05) is 6.54 Å². The van der Waals surface area contributed by atoms with Crippen LogP contribution in [0.3, 0.4) is 0 Å². The molecule has 4 rings (SSSR count). The topological polar surface area (TPSA) is 73.2 Å². The highest BCUT2D eigenvalue weighted by molar-refractivity contribution is 5.83. The summed E-state index contributed by atoms with van der Waals surface area (Å²) in [6, 6.07) is 15.3. The Kier molecular flexibility index (Phi) is 4.62. The summed E-state index contributed by atoms with van der Waals surface area (Å²) in [5.41, 5.74) is 1.67. The first kappa shape index (κ1) is 17.3. The third kappa shape index (κ3) is 3.56. The molecule has 0 fully saturated rings. The van der Waals surface area contributed by atoms with E-state index in [1.54, 1.807) is 6.07 Å². The molecule has 1 N–H and O–H groups in total. The standard InChI is InChI=1S/C21H21N3O3/c1-14-17-7-3-4-8-18(17)21(26)24(23-14)13-20(25)22-12-16-11-10-15-6-2-5-9-19(15)27-16/h2-9,16H,10-13H2,1H3,(H,22,25)/t16-/m1/s1. The van der Waals surface area contributed by atoms with Crippen LogP contribution in [0.4, 0.5) is 0 Å². The molecule has 6 nitrogen and oxygen atoms in total. The van der Waals surface area contributed by atoms with Crippen LogP contribution < -0.4 is 15.6 Å². The number of rotatable bonds is 4. The Bertz CT molecular complexity index is 1060. The first-order valence-electron chi connectivity index (χ1n) is 9.09. The minimum atomic E-state index is -0.255. The fraction of sp³-hybridized carbons (Fsp3) is 0.286. The van der Waals surface area contributed by atoms with E-state index in [0.29, 0.717) is 11.9 Å². The van der Waals surface area contributed by atoms with Gasteiger partial charge in [-0.1, -0.05) is 36.4 Å². The maximum atomic E-state index is 12.6. The summed E-state index contributed by atoms with van der Waals surface area (Å²) in [4.78, 5) is 24.9. The molecular formula is C21H21N3O3. The van der Waals surface area contributed by atoms with E-state index in [1.807, 2.05) is 43.3 Å². The zero-order valence-electron chi connectivity index (χ0n) is 15.1. The lowest BCUT2D eigenvalue weighted by Gasteiger charge is -2.26. The van der Waals surface area contributed by atoms with E-state index < -0.39 is 0 Å². The number of amides is 1. The first-order chi connectivity index (χ1) is 13.1. The van der Waals surface area contributed by atoms with Crippen LogP contribution in [0.15, 0.2) is 53.3 Å². The van der Waals surface area contributed by atoms with E-state index in [-0.39, 0.29) is 24.1 Å². The molecular weight excluding hydrogens is 342 g/mol. The molecule has 6 heteroatoms. The van der Waals surface area contributed by atoms with Crippen molar-refractivity contribution in [3.8, 4) is 5.75 Å². The van der Waals surface area contributed by atoms with Crippen LogP contribution in [0.25, 0.3) is 10.8 Å². The lowest BCUT2D eigenvalue weighted by molar-refractivity contribution is -0.122. The van der Waals surface area contributed by atoms with Gasteiger partial charge < -0.3 is 10.1 Å². The highest BCUT2D eigenvalue weighted by atomic mass is 16.5. The zero-order chi connectivity index (χ0) is 18.8. The van der Waals surface area contributed by atoms with E-state index in [1.165, 1.54) is 10.2 Å². The number of nitrogens with one attached hydrogen (secondary N) is 1. The monoisotopic (exact) mass is 363 g/mol. The van der Waals surface area contributed by atoms with Gasteiger partial charge in [-0.05, 0) is 37.5 Å². The van der Waals surface area contributed by atoms with Gasteiger partial charge in [-0.15, -0.1) is 0 Å². The van der Waals surface area contributed by atoms with Crippen molar-refractivity contribution in [1.29, 1.82) is 0 Å². The van der Waals surface area contributed by atoms with Gasteiger partial charge in [-0.3, -0.25) is 9.59 Å². The third-order valence-corrected chi connectivity index (χ3v) is 4.87. The average Bonchev–Trinajstić information content (AvgIpc) is 2.70. The van der Waals surface area contributed by atoms with Crippen LogP contribution >= 0.6 is 0 Å². The number of para-hydroxylation sites is 1. The third-order valence-electron chi connectivity index (χ3n) is 4.87. The molecule has 0 bridgehead atoms. The lowest BCUT2D eigenvalue weighted by Crippen LogP contribution is -2.40. The number of carbonyl (C=O) groups is 1. The Balaban J connectivity index is 1.41. The molecule has 27 heavy (non-hydrogen) atoms. The molecule has 138 valence electrons. The van der Waals surface area contributed by atoms with Gasteiger partial charge in [-0.2, -0.15) is 5.10 Å². The largest absolute Gasteiger partial charge is 0.488 e. The van der Waals surface area contributed by atoms with E-state index >= 15 is 0 Å². The Labute approximate surface area is 156 Å². The van der Waals surface area contributed by atoms with Crippen molar-refractivity contribution in [2.24, 2.45) is 0 Å². The molecule has 2 aromatic carbocycles. The first-order valence-corrected chi connectivity index (χ1v) is 9.09. The fourth-order valence-electron chi connectivity index (χ4n) is 3.46. The Morgan fingerprint density at radius 2 is 1.93 bits per heavy atom. The highest BCUT2D eigenvalue weighted by Crippen LogP contribution is 2.26. The highest BCUT2D eigenvalue weighted by Gasteiger charge is 2.20. The van der Waals surface area contributed by atoms with Crippen LogP contribution in [0.5, 0.6) is 5.75 Å². The molecule has 1 amide bonds. The van der Waals surface area contributed by atoms with Crippen LogP contribution in [0.2, 0.25) is 0 Å². The van der Waals surface area contributed by atoms with E-state index in [9.17, 15) is 9.59 Å². The average molecular weight is 363 g/mol. The molecule has 0 unspecified atom stereocenters. The molecule has 1 aliphatic heterocycles. The summed E-state index contributed by atoms with van der Waals surface area (Å²) in [6.07, 6.45) is 1.72. The van der Waals surface area contributed by atoms with Crippen molar-refractivity contribution < 1.29 is 9.53 Å². The Morgan fingerprint density at radius 1 is 1.19 bits per heavy atom. The van der Waals surface area contributed by atoms with E-state index in [2.05, 4.69) is 16.5 Å². The lowest BCUT2D eigenvalue weighted by atomic mass is 10.0. The number of nitrogens with zero attached hydrogens (tertiary/aromatic N) is 2. The number of aryl methyl sites for hydroxylation is 2. The van der Waals surface area contributed by atoms with Gasteiger partial charge in [0.25, 0.3) is 5.56 Å². The maximum absolute atomic E-state index is 12.6. The minimum Gasteiger partial charge on any atom is -0.488 e. The number of hydrogen-bond acceptors (Lipinski definition) is 4. The second-order valence-electron chi connectivity index (χ2n) is 6.78. The van der Waals surface area contributed by atoms with Gasteiger partial charge in [-0.25, -0.2) is 4.68 Å². The molecule has 0 saturated carbocycles. The molecule has 1 aromatic heterocycles. The summed E-state index contributed by atoms with van der Waals surface area (Å²) in [5, 5.41) is 8.53. The second-order valence-corrected chi connectivity index (χ2v) is 6.78. The van der Waals surface area contributed by atoms with Gasteiger partial charge in [0, 0.05) is 5.39 Å². The van der Waals surface area contributed by atoms with Crippen LogP contribution in [-0.2, 0) is 17.8 Å². The number of ether oxygens (including phenoxy) is 1. The second kappa shape index (κ2) is 7.23. The van der Waals surface area contributed by atoms with Gasteiger partial charge in [0.2, 0.25) is 5.91 Å². The SMILES string of the molecule is Cc1nn(CC(=O)NC[C@H]2CCc3ccccc3O2)c(=O)c2ccccc12. The number of carbonyl (C=O) groups excluding carboxylic acids is 1. The van der Waals surface area contributed by atoms with Gasteiger partial charge in [0.1, 0.15) is 18.4 Å². The van der Waals surface area contributed by atoms with Crippen LogP contribution in [0, 0.1) is 6.92 Å². The van der Waals surface area contributed by atoms with Crippen LogP contribution in [0.1, 0.15) is 17.7 Å². The van der Waals surface area contributed by atoms with E-state index in [0.717, 1.165) is 29.7 Å². The summed E-state index contributed by atoms with van der Waals surface area (Å²) in [6.45, 7) is 2.14. The maximum Gasteiger partial charge on any atom is 0.275 e. The predicted octanol–water partition coefficient (Wildman–Crippen LogP) is 2.21. The van der Waals surface area contributed by atoms with Crippen molar-refractivity contribution in [3.63, 3.8) is 0 Å². The normalized spacial score (nSPS) is 15.8. The van der Waals surface area contributed by atoms with Gasteiger partial charge >= 0.3 is 0 Å². The number of fused-ring (bicyclic) bond motifs is 2. The molecule has 1 atom stereocenters.